The molecule has 0 fully saturated rings. The quantitative estimate of drug-likeness (QED) is 0.908. The Balaban J connectivity index is 1.84. The zero-order valence-electron chi connectivity index (χ0n) is 12.2. The van der Waals surface area contributed by atoms with E-state index in [0.29, 0.717) is 5.92 Å². The fourth-order valence-electron chi connectivity index (χ4n) is 3.09. The standard InChI is InChI=1S/C18H20ClNO/c1-18(20,14-6-8-15(19)9-7-14)12-13-10-11-21-17-5-3-2-4-16(13)17/h2-9,13H,10-12,20H2,1H3. The molecule has 1 aliphatic rings. The van der Waals surface area contributed by atoms with Crippen LogP contribution in [0.15, 0.2) is 48.5 Å². The first-order valence-electron chi connectivity index (χ1n) is 7.33. The van der Waals surface area contributed by atoms with Crippen molar-refractivity contribution in [1.82, 2.24) is 0 Å². The predicted octanol–water partition coefficient (Wildman–Crippen LogP) is 4.47. The summed E-state index contributed by atoms with van der Waals surface area (Å²) in [6, 6.07) is 16.1. The normalized spacial score (nSPS) is 20.2. The van der Waals surface area contributed by atoms with Gasteiger partial charge in [0.15, 0.2) is 0 Å². The third-order valence-corrected chi connectivity index (χ3v) is 4.51. The predicted molar refractivity (Wildman–Crippen MR) is 86.9 cm³/mol. The fourth-order valence-corrected chi connectivity index (χ4v) is 3.21. The van der Waals surface area contributed by atoms with Gasteiger partial charge in [0.1, 0.15) is 5.75 Å². The number of para-hydroxylation sites is 1. The van der Waals surface area contributed by atoms with Crippen molar-refractivity contribution in [2.45, 2.75) is 31.2 Å². The van der Waals surface area contributed by atoms with Crippen LogP contribution in [0.5, 0.6) is 5.75 Å². The summed E-state index contributed by atoms with van der Waals surface area (Å²) in [5.74, 6) is 1.43. The van der Waals surface area contributed by atoms with Crippen LogP contribution in [0.3, 0.4) is 0 Å². The van der Waals surface area contributed by atoms with E-state index in [2.05, 4.69) is 19.1 Å². The molecule has 0 spiro atoms. The Labute approximate surface area is 130 Å². The summed E-state index contributed by atoms with van der Waals surface area (Å²) < 4.78 is 5.73. The van der Waals surface area contributed by atoms with E-state index in [1.807, 2.05) is 36.4 Å². The summed E-state index contributed by atoms with van der Waals surface area (Å²) in [6.45, 7) is 2.85. The van der Waals surface area contributed by atoms with Gasteiger partial charge in [0.05, 0.1) is 6.61 Å². The van der Waals surface area contributed by atoms with Crippen LogP contribution in [0.4, 0.5) is 0 Å². The van der Waals surface area contributed by atoms with Crippen LogP contribution in [0, 0.1) is 0 Å². The van der Waals surface area contributed by atoms with Gasteiger partial charge in [0.25, 0.3) is 0 Å². The Hall–Kier alpha value is -1.51. The number of hydrogen-bond donors (Lipinski definition) is 1. The Morgan fingerprint density at radius 3 is 2.67 bits per heavy atom. The van der Waals surface area contributed by atoms with Gasteiger partial charge >= 0.3 is 0 Å². The van der Waals surface area contributed by atoms with Crippen molar-refractivity contribution in [2.24, 2.45) is 5.73 Å². The molecule has 2 atom stereocenters. The first kappa shape index (κ1) is 14.4. The summed E-state index contributed by atoms with van der Waals surface area (Å²) in [4.78, 5) is 0. The van der Waals surface area contributed by atoms with Crippen molar-refractivity contribution in [2.75, 3.05) is 6.61 Å². The van der Waals surface area contributed by atoms with E-state index in [1.54, 1.807) is 0 Å². The molecule has 2 unspecified atom stereocenters. The third kappa shape index (κ3) is 3.07. The molecule has 0 aliphatic carbocycles. The molecular weight excluding hydrogens is 282 g/mol. The Morgan fingerprint density at radius 1 is 1.19 bits per heavy atom. The van der Waals surface area contributed by atoms with Gasteiger partial charge in [0.2, 0.25) is 0 Å². The molecule has 1 aliphatic heterocycles. The minimum absolute atomic E-state index is 0.375. The molecule has 2 aromatic rings. The van der Waals surface area contributed by atoms with Crippen LogP contribution >= 0.6 is 11.6 Å². The van der Waals surface area contributed by atoms with Gasteiger partial charge in [-0.15, -0.1) is 0 Å². The molecule has 3 heteroatoms. The second kappa shape index (κ2) is 5.70. The van der Waals surface area contributed by atoms with Gasteiger partial charge in [-0.25, -0.2) is 0 Å². The third-order valence-electron chi connectivity index (χ3n) is 4.26. The van der Waals surface area contributed by atoms with Crippen molar-refractivity contribution in [3.05, 3.63) is 64.7 Å². The van der Waals surface area contributed by atoms with Crippen molar-refractivity contribution in [3.8, 4) is 5.75 Å². The van der Waals surface area contributed by atoms with E-state index in [4.69, 9.17) is 22.1 Å². The summed E-state index contributed by atoms with van der Waals surface area (Å²) in [7, 11) is 0. The molecule has 0 amide bonds. The van der Waals surface area contributed by atoms with Crippen LogP contribution in [0.1, 0.15) is 36.8 Å². The van der Waals surface area contributed by atoms with Crippen LogP contribution in [-0.2, 0) is 5.54 Å². The number of fused-ring (bicyclic) bond motifs is 1. The van der Waals surface area contributed by atoms with Crippen LogP contribution in [-0.4, -0.2) is 6.61 Å². The molecular formula is C18H20ClNO. The highest BCUT2D eigenvalue weighted by Gasteiger charge is 2.30. The molecule has 0 radical (unpaired) electrons. The zero-order chi connectivity index (χ0) is 14.9. The minimum atomic E-state index is -0.375. The molecule has 2 N–H and O–H groups in total. The molecule has 2 nitrogen and oxygen atoms in total. The number of halogens is 1. The number of hydrogen-bond acceptors (Lipinski definition) is 2. The lowest BCUT2D eigenvalue weighted by Crippen LogP contribution is -2.35. The summed E-state index contributed by atoms with van der Waals surface area (Å²) in [6.07, 6.45) is 1.91. The second-order valence-corrected chi connectivity index (χ2v) is 6.44. The summed E-state index contributed by atoms with van der Waals surface area (Å²) >= 11 is 5.96. The van der Waals surface area contributed by atoms with Crippen LogP contribution < -0.4 is 10.5 Å². The van der Waals surface area contributed by atoms with E-state index in [9.17, 15) is 0 Å². The molecule has 0 saturated carbocycles. The van der Waals surface area contributed by atoms with Crippen LogP contribution in [0.2, 0.25) is 5.02 Å². The first-order chi connectivity index (χ1) is 10.1. The Kier molecular flexibility index (Phi) is 3.92. The van der Waals surface area contributed by atoms with Crippen molar-refractivity contribution < 1.29 is 4.74 Å². The Morgan fingerprint density at radius 2 is 1.90 bits per heavy atom. The van der Waals surface area contributed by atoms with Gasteiger partial charge < -0.3 is 10.5 Å². The Bertz CT molecular complexity index is 621. The van der Waals surface area contributed by atoms with E-state index >= 15 is 0 Å². The minimum Gasteiger partial charge on any atom is -0.493 e. The molecule has 21 heavy (non-hydrogen) atoms. The zero-order valence-corrected chi connectivity index (χ0v) is 12.9. The highest BCUT2D eigenvalue weighted by Crippen LogP contribution is 2.40. The molecule has 1 heterocycles. The first-order valence-corrected chi connectivity index (χ1v) is 7.71. The van der Waals surface area contributed by atoms with Gasteiger partial charge in [0, 0.05) is 10.6 Å². The number of nitrogens with two attached hydrogens (primary N) is 1. The van der Waals surface area contributed by atoms with Gasteiger partial charge in [-0.1, -0.05) is 41.9 Å². The molecule has 2 aromatic carbocycles. The van der Waals surface area contributed by atoms with E-state index < -0.39 is 0 Å². The molecule has 0 bridgehead atoms. The van der Waals surface area contributed by atoms with Crippen molar-refractivity contribution in [3.63, 3.8) is 0 Å². The molecule has 110 valence electrons. The fraction of sp³-hybridized carbons (Fsp3) is 0.333. The van der Waals surface area contributed by atoms with E-state index in [-0.39, 0.29) is 5.54 Å². The number of rotatable bonds is 3. The average Bonchev–Trinajstić information content (AvgIpc) is 2.48. The molecule has 3 rings (SSSR count). The lowest BCUT2D eigenvalue weighted by atomic mass is 9.79. The van der Waals surface area contributed by atoms with Gasteiger partial charge in [-0.05, 0) is 55.0 Å². The maximum Gasteiger partial charge on any atom is 0.122 e. The van der Waals surface area contributed by atoms with E-state index in [1.165, 1.54) is 5.56 Å². The topological polar surface area (TPSA) is 35.2 Å². The number of ether oxygens (including phenoxy) is 1. The smallest absolute Gasteiger partial charge is 0.122 e. The largest absolute Gasteiger partial charge is 0.493 e. The summed E-state index contributed by atoms with van der Waals surface area (Å²) in [5, 5.41) is 0.742. The monoisotopic (exact) mass is 301 g/mol. The maximum absolute atomic E-state index is 6.59. The highest BCUT2D eigenvalue weighted by atomic mass is 35.5. The lowest BCUT2D eigenvalue weighted by molar-refractivity contribution is 0.247. The number of benzene rings is 2. The SMILES string of the molecule is CC(N)(CC1CCOc2ccccc21)c1ccc(Cl)cc1. The molecule has 0 saturated heterocycles. The highest BCUT2D eigenvalue weighted by molar-refractivity contribution is 6.30. The van der Waals surface area contributed by atoms with E-state index in [0.717, 1.165) is 35.8 Å². The maximum atomic E-state index is 6.59. The van der Waals surface area contributed by atoms with Crippen molar-refractivity contribution >= 4 is 11.6 Å². The average molecular weight is 302 g/mol. The summed E-state index contributed by atoms with van der Waals surface area (Å²) in [5.41, 5.74) is 8.61. The second-order valence-electron chi connectivity index (χ2n) is 6.00. The van der Waals surface area contributed by atoms with Gasteiger partial charge in [-0.3, -0.25) is 0 Å². The van der Waals surface area contributed by atoms with Crippen molar-refractivity contribution in [1.29, 1.82) is 0 Å². The van der Waals surface area contributed by atoms with Crippen LogP contribution in [0.25, 0.3) is 0 Å². The van der Waals surface area contributed by atoms with Gasteiger partial charge in [-0.2, -0.15) is 0 Å². The lowest BCUT2D eigenvalue weighted by Gasteiger charge is -2.33. The molecule has 0 aromatic heterocycles.